The van der Waals surface area contributed by atoms with Crippen LogP contribution in [-0.4, -0.2) is 24.3 Å². The summed E-state index contributed by atoms with van der Waals surface area (Å²) in [4.78, 5) is 2.09. The first-order chi connectivity index (χ1) is 8.65. The Bertz CT molecular complexity index is 488. The van der Waals surface area contributed by atoms with Crippen molar-refractivity contribution in [3.05, 3.63) is 47.7 Å². The van der Waals surface area contributed by atoms with E-state index < -0.39 is 0 Å². The first-order valence-corrected chi connectivity index (χ1v) is 5.99. The Morgan fingerprint density at radius 2 is 1.67 bits per heavy atom. The number of aromatic nitrogens is 2. The van der Waals surface area contributed by atoms with Crippen molar-refractivity contribution in [2.75, 3.05) is 24.7 Å². The number of benzene rings is 1. The number of rotatable bonds is 4. The third-order valence-corrected chi connectivity index (χ3v) is 2.86. The Labute approximate surface area is 107 Å². The second kappa shape index (κ2) is 5.49. The molecule has 4 heteroatoms. The number of anilines is 2. The minimum Gasteiger partial charge on any atom is -0.382 e. The average Bonchev–Trinajstić information content (AvgIpc) is 2.38. The van der Waals surface area contributed by atoms with Crippen LogP contribution >= 0.6 is 0 Å². The summed E-state index contributed by atoms with van der Waals surface area (Å²) in [6.07, 6.45) is 1.85. The molecule has 0 atom stereocenters. The van der Waals surface area contributed by atoms with Crippen LogP contribution in [0, 0.1) is 0 Å². The summed E-state index contributed by atoms with van der Waals surface area (Å²) < 4.78 is 0. The molecule has 0 radical (unpaired) electrons. The molecular formula is C14H18N4. The summed E-state index contributed by atoms with van der Waals surface area (Å²) in [7, 11) is 4.08. The minimum absolute atomic E-state index is 0.467. The van der Waals surface area contributed by atoms with E-state index in [1.165, 1.54) is 11.3 Å². The first kappa shape index (κ1) is 12.4. The van der Waals surface area contributed by atoms with Gasteiger partial charge in [0.1, 0.15) is 5.82 Å². The lowest BCUT2D eigenvalue weighted by Gasteiger charge is -2.12. The summed E-state index contributed by atoms with van der Waals surface area (Å²) in [5, 5.41) is 7.91. The smallest absolute Gasteiger partial charge is 0.146 e. The molecular weight excluding hydrogens is 224 g/mol. The lowest BCUT2D eigenvalue weighted by atomic mass is 10.1. The molecule has 0 aliphatic heterocycles. The molecule has 2 rings (SSSR count). The topological polar surface area (TPSA) is 55.0 Å². The highest BCUT2D eigenvalue weighted by Gasteiger charge is 1.99. The molecule has 94 valence electrons. The number of nitrogen functional groups attached to an aromatic ring is 1. The van der Waals surface area contributed by atoms with Gasteiger partial charge in [-0.05, 0) is 42.7 Å². The maximum Gasteiger partial charge on any atom is 0.146 e. The van der Waals surface area contributed by atoms with Gasteiger partial charge in [0.05, 0.1) is 5.69 Å². The van der Waals surface area contributed by atoms with Crippen LogP contribution in [0.25, 0.3) is 0 Å². The Morgan fingerprint density at radius 3 is 2.22 bits per heavy atom. The van der Waals surface area contributed by atoms with Crippen molar-refractivity contribution < 1.29 is 0 Å². The van der Waals surface area contributed by atoms with Crippen molar-refractivity contribution in [1.82, 2.24) is 10.2 Å². The third kappa shape index (κ3) is 3.20. The van der Waals surface area contributed by atoms with E-state index in [2.05, 4.69) is 39.4 Å². The highest BCUT2D eigenvalue weighted by molar-refractivity contribution is 5.46. The summed E-state index contributed by atoms with van der Waals surface area (Å²) in [5.74, 6) is 0.467. The fraction of sp³-hybridized carbons (Fsp3) is 0.286. The van der Waals surface area contributed by atoms with Crippen LogP contribution < -0.4 is 10.6 Å². The van der Waals surface area contributed by atoms with Gasteiger partial charge < -0.3 is 10.6 Å². The number of nitrogens with two attached hydrogens (primary N) is 1. The molecule has 0 saturated heterocycles. The maximum atomic E-state index is 5.50. The molecule has 0 unspecified atom stereocenters. The first-order valence-electron chi connectivity index (χ1n) is 5.99. The monoisotopic (exact) mass is 242 g/mol. The molecule has 0 bridgehead atoms. The Hall–Kier alpha value is -2.10. The van der Waals surface area contributed by atoms with Gasteiger partial charge in [-0.15, -0.1) is 5.10 Å². The molecule has 1 aromatic heterocycles. The number of hydrogen-bond acceptors (Lipinski definition) is 4. The Balaban J connectivity index is 1.95. The van der Waals surface area contributed by atoms with Gasteiger partial charge in [-0.2, -0.15) is 5.10 Å². The fourth-order valence-electron chi connectivity index (χ4n) is 1.74. The van der Waals surface area contributed by atoms with E-state index in [9.17, 15) is 0 Å². The third-order valence-electron chi connectivity index (χ3n) is 2.86. The quantitative estimate of drug-likeness (QED) is 0.889. The summed E-state index contributed by atoms with van der Waals surface area (Å²) in [5.41, 5.74) is 8.99. The minimum atomic E-state index is 0.467. The van der Waals surface area contributed by atoms with Crippen molar-refractivity contribution in [3.63, 3.8) is 0 Å². The molecule has 2 aromatic rings. The zero-order valence-electron chi connectivity index (χ0n) is 10.8. The van der Waals surface area contributed by atoms with Crippen LogP contribution in [-0.2, 0) is 12.8 Å². The molecule has 1 heterocycles. The molecule has 2 N–H and O–H groups in total. The van der Waals surface area contributed by atoms with Gasteiger partial charge in [-0.25, -0.2) is 0 Å². The van der Waals surface area contributed by atoms with Gasteiger partial charge in [-0.1, -0.05) is 12.1 Å². The number of nitrogens with zero attached hydrogens (tertiary/aromatic N) is 3. The predicted octanol–water partition coefficient (Wildman–Crippen LogP) is 1.91. The lowest BCUT2D eigenvalue weighted by molar-refractivity contribution is 0.863. The van der Waals surface area contributed by atoms with E-state index in [0.717, 1.165) is 18.5 Å². The molecule has 0 fully saturated rings. The zero-order chi connectivity index (χ0) is 13.0. The van der Waals surface area contributed by atoms with Gasteiger partial charge in [0.15, 0.2) is 0 Å². The van der Waals surface area contributed by atoms with Crippen LogP contribution in [0.1, 0.15) is 11.3 Å². The summed E-state index contributed by atoms with van der Waals surface area (Å²) in [6, 6.07) is 12.3. The second-order valence-electron chi connectivity index (χ2n) is 4.51. The number of hydrogen-bond donors (Lipinski definition) is 1. The normalized spacial score (nSPS) is 10.3. The second-order valence-corrected chi connectivity index (χ2v) is 4.51. The highest BCUT2D eigenvalue weighted by Crippen LogP contribution is 2.13. The standard InChI is InChI=1S/C14H18N4/c1-18(2)13-8-4-11(5-9-13)3-6-12-7-10-14(15)17-16-12/h4-5,7-10H,3,6H2,1-2H3,(H2,15,17). The largest absolute Gasteiger partial charge is 0.382 e. The van der Waals surface area contributed by atoms with Gasteiger partial charge >= 0.3 is 0 Å². The lowest BCUT2D eigenvalue weighted by Crippen LogP contribution is -2.08. The molecule has 0 spiro atoms. The molecule has 1 aromatic carbocycles. The van der Waals surface area contributed by atoms with Gasteiger partial charge in [-0.3, -0.25) is 0 Å². The van der Waals surface area contributed by atoms with Crippen molar-refractivity contribution in [2.45, 2.75) is 12.8 Å². The maximum absolute atomic E-state index is 5.50. The van der Waals surface area contributed by atoms with Crippen LogP contribution in [0.3, 0.4) is 0 Å². The molecule has 0 amide bonds. The Morgan fingerprint density at radius 1 is 0.944 bits per heavy atom. The van der Waals surface area contributed by atoms with E-state index in [1.54, 1.807) is 6.07 Å². The van der Waals surface area contributed by atoms with Crippen molar-refractivity contribution in [2.24, 2.45) is 0 Å². The van der Waals surface area contributed by atoms with Crippen LogP contribution in [0.2, 0.25) is 0 Å². The van der Waals surface area contributed by atoms with Gasteiger partial charge in [0.2, 0.25) is 0 Å². The molecule has 0 aliphatic rings. The zero-order valence-corrected chi connectivity index (χ0v) is 10.8. The summed E-state index contributed by atoms with van der Waals surface area (Å²) in [6.45, 7) is 0. The number of aryl methyl sites for hydroxylation is 2. The summed E-state index contributed by atoms with van der Waals surface area (Å²) >= 11 is 0. The van der Waals surface area contributed by atoms with E-state index >= 15 is 0 Å². The highest BCUT2D eigenvalue weighted by atomic mass is 15.1. The van der Waals surface area contributed by atoms with Crippen LogP contribution in [0.15, 0.2) is 36.4 Å². The van der Waals surface area contributed by atoms with Gasteiger partial charge in [0, 0.05) is 19.8 Å². The van der Waals surface area contributed by atoms with Crippen molar-refractivity contribution >= 4 is 11.5 Å². The Kier molecular flexibility index (Phi) is 3.77. The molecule has 18 heavy (non-hydrogen) atoms. The van der Waals surface area contributed by atoms with Gasteiger partial charge in [0.25, 0.3) is 0 Å². The van der Waals surface area contributed by atoms with Crippen molar-refractivity contribution in [3.8, 4) is 0 Å². The molecule has 0 saturated carbocycles. The molecule has 4 nitrogen and oxygen atoms in total. The van der Waals surface area contributed by atoms with E-state index in [4.69, 9.17) is 5.73 Å². The van der Waals surface area contributed by atoms with E-state index in [-0.39, 0.29) is 0 Å². The predicted molar refractivity (Wildman–Crippen MR) is 74.6 cm³/mol. The van der Waals surface area contributed by atoms with Crippen LogP contribution in [0.4, 0.5) is 11.5 Å². The SMILES string of the molecule is CN(C)c1ccc(CCc2ccc(N)nn2)cc1. The van der Waals surface area contributed by atoms with E-state index in [0.29, 0.717) is 5.82 Å². The average molecular weight is 242 g/mol. The molecule has 0 aliphatic carbocycles. The van der Waals surface area contributed by atoms with Crippen molar-refractivity contribution in [1.29, 1.82) is 0 Å². The van der Waals surface area contributed by atoms with Crippen LogP contribution in [0.5, 0.6) is 0 Å². The fourth-order valence-corrected chi connectivity index (χ4v) is 1.74. The van der Waals surface area contributed by atoms with E-state index in [1.807, 2.05) is 20.2 Å².